The fraction of sp³-hybridized carbons (Fsp3) is 0.286. The number of hydrogen-bond acceptors (Lipinski definition) is 7. The first-order chi connectivity index (χ1) is 10.0. The first-order valence-corrected chi connectivity index (χ1v) is 6.51. The van der Waals surface area contributed by atoms with Gasteiger partial charge in [-0.25, -0.2) is 0 Å². The van der Waals surface area contributed by atoms with Crippen LogP contribution >= 0.6 is 0 Å². The smallest absolute Gasteiger partial charge is 0.306 e. The van der Waals surface area contributed by atoms with E-state index in [-0.39, 0.29) is 42.6 Å². The van der Waals surface area contributed by atoms with Crippen molar-refractivity contribution in [3.63, 3.8) is 0 Å². The number of nitrogen functional groups attached to an aromatic ring is 2. The van der Waals surface area contributed by atoms with Crippen LogP contribution in [0.1, 0.15) is 30.7 Å². The van der Waals surface area contributed by atoms with E-state index in [0.29, 0.717) is 0 Å². The molecule has 110 valence electrons. The van der Waals surface area contributed by atoms with Crippen molar-refractivity contribution in [1.82, 2.24) is 15.0 Å². The molecule has 0 saturated carbocycles. The van der Waals surface area contributed by atoms with E-state index in [1.807, 2.05) is 37.3 Å². The van der Waals surface area contributed by atoms with Gasteiger partial charge in [-0.1, -0.05) is 37.3 Å². The largest absolute Gasteiger partial charge is 0.457 e. The Labute approximate surface area is 122 Å². The van der Waals surface area contributed by atoms with Gasteiger partial charge >= 0.3 is 5.97 Å². The van der Waals surface area contributed by atoms with Gasteiger partial charge in [-0.15, -0.1) is 0 Å². The Morgan fingerprint density at radius 2 is 1.76 bits per heavy atom. The molecule has 7 heteroatoms. The maximum Gasteiger partial charge on any atom is 0.306 e. The summed E-state index contributed by atoms with van der Waals surface area (Å²) in [6.45, 7) is 1.90. The van der Waals surface area contributed by atoms with Crippen LogP contribution in [0.3, 0.4) is 0 Å². The molecular formula is C14H17N5O2. The van der Waals surface area contributed by atoms with Gasteiger partial charge in [0.05, 0.1) is 6.42 Å². The molecule has 0 saturated heterocycles. The van der Waals surface area contributed by atoms with Crippen LogP contribution in [0.2, 0.25) is 0 Å². The standard InChI is InChI=1S/C14H17N5O2/c1-9(10-5-3-2-4-6-10)7-12(20)21-8-11-17-13(15)19-14(16)18-11/h2-6,9H,7-8H2,1H3,(H4,15,16,17,18,19)/t9-/m1/s1. The molecule has 4 N–H and O–H groups in total. The summed E-state index contributed by atoms with van der Waals surface area (Å²) in [6, 6.07) is 9.77. The van der Waals surface area contributed by atoms with E-state index in [4.69, 9.17) is 16.2 Å². The molecule has 0 fully saturated rings. The van der Waals surface area contributed by atoms with Gasteiger partial charge in [0.25, 0.3) is 0 Å². The van der Waals surface area contributed by atoms with Crippen LogP contribution in [0.4, 0.5) is 11.9 Å². The summed E-state index contributed by atoms with van der Waals surface area (Å²) in [7, 11) is 0. The highest BCUT2D eigenvalue weighted by atomic mass is 16.5. The van der Waals surface area contributed by atoms with E-state index >= 15 is 0 Å². The summed E-state index contributed by atoms with van der Waals surface area (Å²) in [6.07, 6.45) is 0.278. The van der Waals surface area contributed by atoms with Gasteiger partial charge in [-0.3, -0.25) is 4.79 Å². The SMILES string of the molecule is C[C@H](CC(=O)OCc1nc(N)nc(N)n1)c1ccccc1. The van der Waals surface area contributed by atoms with Crippen LogP contribution in [0.25, 0.3) is 0 Å². The number of esters is 1. The molecule has 0 aliphatic rings. The number of hydrogen-bond donors (Lipinski definition) is 2. The van der Waals surface area contributed by atoms with Crippen molar-refractivity contribution in [3.8, 4) is 0 Å². The van der Waals surface area contributed by atoms with E-state index in [0.717, 1.165) is 5.56 Å². The predicted octanol–water partition coefficient (Wildman–Crippen LogP) is 1.27. The second kappa shape index (κ2) is 6.65. The Morgan fingerprint density at radius 3 is 2.38 bits per heavy atom. The van der Waals surface area contributed by atoms with Crippen molar-refractivity contribution in [2.75, 3.05) is 11.5 Å². The number of aromatic nitrogens is 3. The highest BCUT2D eigenvalue weighted by Gasteiger charge is 2.13. The minimum absolute atomic E-state index is 0.00574. The molecule has 1 aromatic carbocycles. The molecule has 0 aliphatic heterocycles. The van der Waals surface area contributed by atoms with Crippen molar-refractivity contribution < 1.29 is 9.53 Å². The minimum Gasteiger partial charge on any atom is -0.457 e. The van der Waals surface area contributed by atoms with Crippen molar-refractivity contribution in [2.45, 2.75) is 25.9 Å². The van der Waals surface area contributed by atoms with Gasteiger partial charge in [0.2, 0.25) is 11.9 Å². The second-order valence-corrected chi connectivity index (χ2v) is 4.64. The third-order valence-corrected chi connectivity index (χ3v) is 2.92. The number of ether oxygens (including phenoxy) is 1. The van der Waals surface area contributed by atoms with Crippen LogP contribution in [0, 0.1) is 0 Å². The normalized spacial score (nSPS) is 11.9. The zero-order valence-electron chi connectivity index (χ0n) is 11.7. The third kappa shape index (κ3) is 4.41. The lowest BCUT2D eigenvalue weighted by atomic mass is 9.98. The summed E-state index contributed by atoms with van der Waals surface area (Å²) in [5.74, 6) is -0.00535. The number of benzene rings is 1. The lowest BCUT2D eigenvalue weighted by Gasteiger charge is -2.11. The number of nitrogens with two attached hydrogens (primary N) is 2. The minimum atomic E-state index is -0.330. The van der Waals surface area contributed by atoms with E-state index in [9.17, 15) is 4.79 Å². The van der Waals surface area contributed by atoms with E-state index in [2.05, 4.69) is 15.0 Å². The van der Waals surface area contributed by atoms with E-state index in [1.165, 1.54) is 0 Å². The average molecular weight is 287 g/mol. The van der Waals surface area contributed by atoms with E-state index in [1.54, 1.807) is 0 Å². The molecule has 7 nitrogen and oxygen atoms in total. The second-order valence-electron chi connectivity index (χ2n) is 4.64. The molecule has 0 unspecified atom stereocenters. The first-order valence-electron chi connectivity index (χ1n) is 6.51. The number of carbonyl (C=O) groups is 1. The maximum absolute atomic E-state index is 11.8. The molecule has 0 bridgehead atoms. The Hall–Kier alpha value is -2.70. The fourth-order valence-corrected chi connectivity index (χ4v) is 1.87. The monoisotopic (exact) mass is 287 g/mol. The summed E-state index contributed by atoms with van der Waals surface area (Å²) >= 11 is 0. The molecule has 1 atom stereocenters. The predicted molar refractivity (Wildman–Crippen MR) is 77.9 cm³/mol. The highest BCUT2D eigenvalue weighted by molar-refractivity contribution is 5.70. The van der Waals surface area contributed by atoms with Crippen LogP contribution < -0.4 is 11.5 Å². The number of carbonyl (C=O) groups excluding carboxylic acids is 1. The summed E-state index contributed by atoms with van der Waals surface area (Å²) < 4.78 is 5.13. The Bertz CT molecular complexity index is 598. The molecule has 2 aromatic rings. The van der Waals surface area contributed by atoms with Gasteiger partial charge in [0.15, 0.2) is 12.4 Å². The lowest BCUT2D eigenvalue weighted by molar-refractivity contribution is -0.145. The Balaban J connectivity index is 1.87. The van der Waals surface area contributed by atoms with Gasteiger partial charge in [-0.05, 0) is 11.5 Å². The quantitative estimate of drug-likeness (QED) is 0.795. The summed E-state index contributed by atoms with van der Waals surface area (Å²) in [5.41, 5.74) is 12.0. The van der Waals surface area contributed by atoms with Crippen LogP contribution in [0.5, 0.6) is 0 Å². The fourth-order valence-electron chi connectivity index (χ4n) is 1.87. The molecular weight excluding hydrogens is 270 g/mol. The van der Waals surface area contributed by atoms with Crippen molar-refractivity contribution in [3.05, 3.63) is 41.7 Å². The highest BCUT2D eigenvalue weighted by Crippen LogP contribution is 2.19. The molecule has 2 rings (SSSR count). The van der Waals surface area contributed by atoms with Gasteiger partial charge in [0.1, 0.15) is 0 Å². The molecule has 0 radical (unpaired) electrons. The molecule has 1 heterocycles. The zero-order chi connectivity index (χ0) is 15.2. The molecule has 0 spiro atoms. The van der Waals surface area contributed by atoms with Gasteiger partial charge < -0.3 is 16.2 Å². The van der Waals surface area contributed by atoms with Crippen LogP contribution in [0.15, 0.2) is 30.3 Å². The lowest BCUT2D eigenvalue weighted by Crippen LogP contribution is -2.12. The van der Waals surface area contributed by atoms with E-state index < -0.39 is 0 Å². The van der Waals surface area contributed by atoms with Crippen molar-refractivity contribution in [1.29, 1.82) is 0 Å². The Morgan fingerprint density at radius 1 is 1.14 bits per heavy atom. The zero-order valence-corrected chi connectivity index (χ0v) is 11.7. The summed E-state index contributed by atoms with van der Waals surface area (Å²) in [5, 5.41) is 0. The topological polar surface area (TPSA) is 117 Å². The number of nitrogens with zero attached hydrogens (tertiary/aromatic N) is 3. The first kappa shape index (κ1) is 14.7. The number of rotatable bonds is 5. The van der Waals surface area contributed by atoms with Gasteiger partial charge in [0, 0.05) is 0 Å². The molecule has 1 aromatic heterocycles. The number of anilines is 2. The van der Waals surface area contributed by atoms with Crippen molar-refractivity contribution >= 4 is 17.9 Å². The molecule has 21 heavy (non-hydrogen) atoms. The van der Waals surface area contributed by atoms with Crippen LogP contribution in [-0.4, -0.2) is 20.9 Å². The summed E-state index contributed by atoms with van der Waals surface area (Å²) in [4.78, 5) is 23.1. The third-order valence-electron chi connectivity index (χ3n) is 2.92. The molecule has 0 aliphatic carbocycles. The Kier molecular flexibility index (Phi) is 4.65. The van der Waals surface area contributed by atoms with Gasteiger partial charge in [-0.2, -0.15) is 15.0 Å². The average Bonchev–Trinajstić information content (AvgIpc) is 2.45. The maximum atomic E-state index is 11.8. The van der Waals surface area contributed by atoms with Crippen molar-refractivity contribution in [2.24, 2.45) is 0 Å². The van der Waals surface area contributed by atoms with Crippen LogP contribution in [-0.2, 0) is 16.1 Å². The molecule has 0 amide bonds.